The lowest BCUT2D eigenvalue weighted by atomic mass is 10.3. The summed E-state index contributed by atoms with van der Waals surface area (Å²) < 4.78 is 0. The van der Waals surface area contributed by atoms with Crippen LogP contribution < -0.4 is 10.6 Å². The number of para-hydroxylation sites is 4. The highest BCUT2D eigenvalue weighted by atomic mass is 35.5. The van der Waals surface area contributed by atoms with Crippen molar-refractivity contribution in [2.45, 2.75) is 0 Å². The molecular weight excluding hydrogens is 378 g/mol. The first-order valence-corrected chi connectivity index (χ1v) is 7.74. The first-order chi connectivity index (χ1) is 12.9. The van der Waals surface area contributed by atoms with E-state index < -0.39 is 9.85 Å². The van der Waals surface area contributed by atoms with Gasteiger partial charge < -0.3 is 10.6 Å². The van der Waals surface area contributed by atoms with Gasteiger partial charge in [0.05, 0.1) is 9.85 Å². The van der Waals surface area contributed by atoms with E-state index in [9.17, 15) is 20.2 Å². The van der Waals surface area contributed by atoms with Crippen LogP contribution in [0.5, 0.6) is 0 Å². The lowest BCUT2D eigenvalue weighted by molar-refractivity contribution is -0.384. The monoisotopic (exact) mass is 387 g/mol. The fourth-order valence-electron chi connectivity index (χ4n) is 2.18. The molecule has 0 atom stereocenters. The van der Waals surface area contributed by atoms with Crippen LogP contribution in [0.1, 0.15) is 0 Å². The molecule has 3 aromatic rings. The van der Waals surface area contributed by atoms with Crippen molar-refractivity contribution in [3.63, 3.8) is 0 Å². The Bertz CT molecular complexity index is 953. The minimum atomic E-state index is -0.558. The van der Waals surface area contributed by atoms with Gasteiger partial charge in [0, 0.05) is 12.1 Å². The highest BCUT2D eigenvalue weighted by Gasteiger charge is 2.17. The van der Waals surface area contributed by atoms with E-state index in [-0.39, 0.29) is 39.9 Å². The summed E-state index contributed by atoms with van der Waals surface area (Å²) >= 11 is 5.88. The van der Waals surface area contributed by atoms with Crippen LogP contribution in [0.3, 0.4) is 0 Å². The van der Waals surface area contributed by atoms with Crippen LogP contribution in [0.4, 0.5) is 34.6 Å². The molecule has 1 heterocycles. The third kappa shape index (κ3) is 4.22. The summed E-state index contributed by atoms with van der Waals surface area (Å²) in [5, 5.41) is 27.4. The van der Waals surface area contributed by atoms with Gasteiger partial charge in [0.1, 0.15) is 11.4 Å². The van der Waals surface area contributed by atoms with Crippen LogP contribution in [0.2, 0.25) is 5.28 Å². The molecular formula is C15H10ClN7O4. The van der Waals surface area contributed by atoms with Gasteiger partial charge in [0.2, 0.25) is 17.2 Å². The van der Waals surface area contributed by atoms with E-state index in [1.807, 2.05) is 0 Å². The third-order valence-corrected chi connectivity index (χ3v) is 3.47. The smallest absolute Gasteiger partial charge is 0.292 e. The maximum absolute atomic E-state index is 11.1. The standard InChI is InChI=1S/C15H10ClN7O4/c16-13-19-14(17-9-5-1-3-7-11(9)22(24)25)21-15(20-13)18-10-6-2-4-8-12(10)23(26)27/h1-8H,(H2,17,18,19,20,21). The predicted molar refractivity (Wildman–Crippen MR) is 97.6 cm³/mol. The van der Waals surface area contributed by atoms with Gasteiger partial charge >= 0.3 is 0 Å². The Balaban J connectivity index is 1.92. The quantitative estimate of drug-likeness (QED) is 0.475. The molecule has 136 valence electrons. The van der Waals surface area contributed by atoms with Crippen LogP contribution in [0, 0.1) is 20.2 Å². The van der Waals surface area contributed by atoms with Crippen molar-refractivity contribution in [2.24, 2.45) is 0 Å². The van der Waals surface area contributed by atoms with Gasteiger partial charge in [-0.25, -0.2) is 0 Å². The van der Waals surface area contributed by atoms with E-state index in [2.05, 4.69) is 25.6 Å². The summed E-state index contributed by atoms with van der Waals surface area (Å²) in [5.74, 6) is -0.129. The molecule has 12 heteroatoms. The second kappa shape index (κ2) is 7.58. The Kier molecular flexibility index (Phi) is 5.04. The molecule has 0 aliphatic carbocycles. The second-order valence-electron chi connectivity index (χ2n) is 5.05. The van der Waals surface area contributed by atoms with E-state index in [0.29, 0.717) is 0 Å². The molecule has 0 aliphatic heterocycles. The average molecular weight is 388 g/mol. The number of hydrogen-bond acceptors (Lipinski definition) is 9. The lowest BCUT2D eigenvalue weighted by Crippen LogP contribution is -2.06. The predicted octanol–water partition coefficient (Wildman–Crippen LogP) is 3.83. The van der Waals surface area contributed by atoms with Gasteiger partial charge in [-0.05, 0) is 23.7 Å². The Hall–Kier alpha value is -3.86. The first kappa shape index (κ1) is 17.9. The van der Waals surface area contributed by atoms with E-state index in [1.165, 1.54) is 36.4 Å². The molecule has 3 rings (SSSR count). The second-order valence-corrected chi connectivity index (χ2v) is 5.39. The minimum absolute atomic E-state index is 0.0645. The summed E-state index contributed by atoms with van der Waals surface area (Å²) in [6, 6.07) is 11.8. The molecule has 0 aliphatic rings. The minimum Gasteiger partial charge on any atom is -0.318 e. The molecule has 0 fully saturated rings. The highest BCUT2D eigenvalue weighted by Crippen LogP contribution is 2.28. The molecule has 0 radical (unpaired) electrons. The zero-order valence-electron chi connectivity index (χ0n) is 13.4. The summed E-state index contributed by atoms with van der Waals surface area (Å²) in [7, 11) is 0. The molecule has 11 nitrogen and oxygen atoms in total. The Morgan fingerprint density at radius 1 is 0.741 bits per heavy atom. The number of aromatic nitrogens is 3. The summed E-state index contributed by atoms with van der Waals surface area (Å²) in [6.45, 7) is 0. The van der Waals surface area contributed by atoms with Gasteiger partial charge in [-0.15, -0.1) is 0 Å². The average Bonchev–Trinajstić information content (AvgIpc) is 2.61. The number of benzene rings is 2. The van der Waals surface area contributed by atoms with Gasteiger partial charge in [0.15, 0.2) is 0 Å². The summed E-state index contributed by atoms with van der Waals surface area (Å²) in [5.41, 5.74) is -0.0488. The van der Waals surface area contributed by atoms with Gasteiger partial charge in [-0.1, -0.05) is 24.3 Å². The van der Waals surface area contributed by atoms with Crippen molar-refractivity contribution >= 4 is 46.2 Å². The summed E-state index contributed by atoms with van der Waals surface area (Å²) in [6.07, 6.45) is 0. The van der Waals surface area contributed by atoms with Crippen molar-refractivity contribution in [3.05, 3.63) is 74.0 Å². The summed E-state index contributed by atoms with van der Waals surface area (Å²) in [4.78, 5) is 32.9. The van der Waals surface area contributed by atoms with Crippen LogP contribution in [0.25, 0.3) is 0 Å². The molecule has 2 aromatic carbocycles. The number of nitrogens with one attached hydrogen (secondary N) is 2. The van der Waals surface area contributed by atoms with Crippen LogP contribution in [0.15, 0.2) is 48.5 Å². The highest BCUT2D eigenvalue weighted by molar-refractivity contribution is 6.28. The van der Waals surface area contributed by atoms with Gasteiger partial charge in [0.25, 0.3) is 11.4 Å². The zero-order chi connectivity index (χ0) is 19.4. The van der Waals surface area contributed by atoms with Crippen molar-refractivity contribution in [1.29, 1.82) is 0 Å². The Morgan fingerprint density at radius 2 is 1.15 bits per heavy atom. The number of anilines is 4. The van der Waals surface area contributed by atoms with Crippen LogP contribution >= 0.6 is 11.6 Å². The normalized spacial score (nSPS) is 10.3. The molecule has 0 bridgehead atoms. The number of rotatable bonds is 6. The molecule has 0 saturated carbocycles. The van der Waals surface area contributed by atoms with Crippen molar-refractivity contribution in [2.75, 3.05) is 10.6 Å². The number of nitro groups is 2. The lowest BCUT2D eigenvalue weighted by Gasteiger charge is -2.09. The molecule has 27 heavy (non-hydrogen) atoms. The largest absolute Gasteiger partial charge is 0.318 e. The number of nitrogens with zero attached hydrogens (tertiary/aromatic N) is 5. The van der Waals surface area contributed by atoms with E-state index >= 15 is 0 Å². The van der Waals surface area contributed by atoms with E-state index in [1.54, 1.807) is 12.1 Å². The molecule has 0 spiro atoms. The molecule has 2 N–H and O–H groups in total. The van der Waals surface area contributed by atoms with E-state index in [4.69, 9.17) is 11.6 Å². The fraction of sp³-hybridized carbons (Fsp3) is 0. The van der Waals surface area contributed by atoms with Crippen LogP contribution in [-0.4, -0.2) is 24.8 Å². The molecule has 0 amide bonds. The zero-order valence-corrected chi connectivity index (χ0v) is 14.1. The maximum Gasteiger partial charge on any atom is 0.292 e. The number of hydrogen-bond donors (Lipinski definition) is 2. The third-order valence-electron chi connectivity index (χ3n) is 3.30. The Labute approximate surface area is 156 Å². The van der Waals surface area contributed by atoms with Crippen LogP contribution in [-0.2, 0) is 0 Å². The number of nitro benzene ring substituents is 2. The van der Waals surface area contributed by atoms with E-state index in [0.717, 1.165) is 0 Å². The number of halogens is 1. The van der Waals surface area contributed by atoms with Crippen molar-refractivity contribution in [1.82, 2.24) is 15.0 Å². The molecule has 1 aromatic heterocycles. The maximum atomic E-state index is 11.1. The van der Waals surface area contributed by atoms with Crippen molar-refractivity contribution in [3.8, 4) is 0 Å². The first-order valence-electron chi connectivity index (χ1n) is 7.36. The van der Waals surface area contributed by atoms with Gasteiger partial charge in [-0.3, -0.25) is 20.2 Å². The molecule has 0 unspecified atom stereocenters. The Morgan fingerprint density at radius 3 is 1.56 bits per heavy atom. The fourth-order valence-corrected chi connectivity index (χ4v) is 2.34. The topological polar surface area (TPSA) is 149 Å². The molecule has 0 saturated heterocycles. The van der Waals surface area contributed by atoms with Crippen molar-refractivity contribution < 1.29 is 9.85 Å². The SMILES string of the molecule is O=[N+]([O-])c1ccccc1Nc1nc(Cl)nc(Nc2ccccc2[N+](=O)[O-])n1. The van der Waals surface area contributed by atoms with Gasteiger partial charge in [-0.2, -0.15) is 15.0 Å².